The van der Waals surface area contributed by atoms with Crippen LogP contribution in [0.5, 0.6) is 11.5 Å². The minimum atomic E-state index is -3.88. The van der Waals surface area contributed by atoms with Crippen molar-refractivity contribution in [1.82, 2.24) is 4.31 Å². The van der Waals surface area contributed by atoms with Gasteiger partial charge in [-0.3, -0.25) is 9.10 Å². The number of nitrogens with one attached hydrogen (secondary N) is 2. The molecule has 37 heavy (non-hydrogen) atoms. The number of hydrogen-bond donors (Lipinski definition) is 2. The van der Waals surface area contributed by atoms with Crippen LogP contribution in [-0.2, 0) is 14.8 Å². The second-order valence-corrected chi connectivity index (χ2v) is 12.3. The molecular weight excluding hydrogens is 510 g/mol. The van der Waals surface area contributed by atoms with Gasteiger partial charge >= 0.3 is 0 Å². The van der Waals surface area contributed by atoms with Crippen LogP contribution in [0.4, 0.5) is 11.4 Å². The van der Waals surface area contributed by atoms with Gasteiger partial charge in [-0.1, -0.05) is 39.2 Å². The SMILES string of the molecule is CCCCC(CC)CSc1ccc(C)cc1NC(=O)/C=C1/Nc2cc3c(cc2S(=O)(=O)N1C)OCCO3. The van der Waals surface area contributed by atoms with Gasteiger partial charge in [0.2, 0.25) is 0 Å². The van der Waals surface area contributed by atoms with Crippen LogP contribution in [-0.4, -0.2) is 44.6 Å². The standard InChI is InChI=1S/C27H35N3O5S2/c1-5-7-8-19(6-2)17-36-24-10-9-18(3)13-20(24)29-27(31)16-26-28-21-14-22-23(35-12-11-34-22)15-25(21)37(32,33)30(26)4/h9-10,13-16,19,28H,5-8,11-12,17H2,1-4H3,(H,29,31)/b26-16-. The Bertz CT molecular complexity index is 1290. The molecule has 1 atom stereocenters. The molecule has 0 spiro atoms. The predicted molar refractivity (Wildman–Crippen MR) is 148 cm³/mol. The lowest BCUT2D eigenvalue weighted by Gasteiger charge is -2.31. The van der Waals surface area contributed by atoms with Crippen molar-refractivity contribution in [2.75, 3.05) is 36.6 Å². The van der Waals surface area contributed by atoms with Crippen molar-refractivity contribution in [3.8, 4) is 11.5 Å². The largest absolute Gasteiger partial charge is 0.486 e. The predicted octanol–water partition coefficient (Wildman–Crippen LogP) is 5.60. The maximum Gasteiger partial charge on any atom is 0.267 e. The molecule has 2 aromatic rings. The number of aryl methyl sites for hydroxylation is 1. The van der Waals surface area contributed by atoms with Crippen LogP contribution in [0.3, 0.4) is 0 Å². The Kier molecular flexibility index (Phi) is 8.59. The van der Waals surface area contributed by atoms with E-state index in [-0.39, 0.29) is 10.7 Å². The van der Waals surface area contributed by atoms with Gasteiger partial charge in [0, 0.05) is 35.9 Å². The number of fused-ring (bicyclic) bond motifs is 2. The lowest BCUT2D eigenvalue weighted by atomic mass is 10.0. The fourth-order valence-corrected chi connectivity index (χ4v) is 6.81. The Hall–Kier alpha value is -2.85. The number of carbonyl (C=O) groups excluding carboxylic acids is 1. The van der Waals surface area contributed by atoms with Crippen molar-refractivity contribution in [1.29, 1.82) is 0 Å². The van der Waals surface area contributed by atoms with Crippen molar-refractivity contribution in [2.24, 2.45) is 5.92 Å². The highest BCUT2D eigenvalue weighted by Crippen LogP contribution is 2.42. The molecule has 2 aliphatic heterocycles. The lowest BCUT2D eigenvalue weighted by molar-refractivity contribution is -0.112. The topological polar surface area (TPSA) is 97.0 Å². The molecule has 0 radical (unpaired) electrons. The second-order valence-electron chi connectivity index (χ2n) is 9.34. The summed E-state index contributed by atoms with van der Waals surface area (Å²) in [5.74, 6) is 2.19. The van der Waals surface area contributed by atoms with E-state index in [1.807, 2.05) is 25.1 Å². The summed E-state index contributed by atoms with van der Waals surface area (Å²) in [6.45, 7) is 7.15. The Balaban J connectivity index is 1.54. The Morgan fingerprint density at radius 3 is 2.62 bits per heavy atom. The van der Waals surface area contributed by atoms with Gasteiger partial charge in [-0.05, 0) is 37.0 Å². The molecule has 1 amide bonds. The number of thioether (sulfide) groups is 1. The van der Waals surface area contributed by atoms with Crippen LogP contribution in [0.15, 0.2) is 52.0 Å². The zero-order valence-electron chi connectivity index (χ0n) is 21.8. The number of sulfonamides is 1. The molecule has 0 fully saturated rings. The van der Waals surface area contributed by atoms with E-state index in [4.69, 9.17) is 9.47 Å². The van der Waals surface area contributed by atoms with Crippen LogP contribution in [0.2, 0.25) is 0 Å². The molecule has 2 N–H and O–H groups in total. The fourth-order valence-electron chi connectivity index (χ4n) is 4.27. The highest BCUT2D eigenvalue weighted by Gasteiger charge is 2.34. The van der Waals surface area contributed by atoms with Crippen molar-refractivity contribution >= 4 is 39.1 Å². The summed E-state index contributed by atoms with van der Waals surface area (Å²) in [5, 5.41) is 6.03. The Morgan fingerprint density at radius 1 is 1.19 bits per heavy atom. The second kappa shape index (κ2) is 11.7. The van der Waals surface area contributed by atoms with Gasteiger partial charge < -0.3 is 20.1 Å². The molecule has 0 aromatic heterocycles. The molecule has 2 aliphatic rings. The first kappa shape index (κ1) is 27.2. The van der Waals surface area contributed by atoms with Gasteiger partial charge in [0.05, 0.1) is 11.4 Å². The highest BCUT2D eigenvalue weighted by molar-refractivity contribution is 7.99. The number of unbranched alkanes of at least 4 members (excludes halogenated alkanes) is 1. The quantitative estimate of drug-likeness (QED) is 0.313. The average molecular weight is 546 g/mol. The van der Waals surface area contributed by atoms with Gasteiger partial charge in [-0.15, -0.1) is 11.8 Å². The number of carbonyl (C=O) groups is 1. The van der Waals surface area contributed by atoms with Crippen molar-refractivity contribution in [2.45, 2.75) is 56.2 Å². The number of ether oxygens (including phenoxy) is 2. The Morgan fingerprint density at radius 2 is 1.92 bits per heavy atom. The van der Waals surface area contributed by atoms with E-state index < -0.39 is 15.9 Å². The van der Waals surface area contributed by atoms with E-state index in [0.29, 0.717) is 36.3 Å². The summed E-state index contributed by atoms with van der Waals surface area (Å²) < 4.78 is 38.6. The first-order valence-corrected chi connectivity index (χ1v) is 15.1. The normalized spacial score (nSPS) is 17.6. The third kappa shape index (κ3) is 6.18. The molecule has 8 nitrogen and oxygen atoms in total. The number of nitrogens with zero attached hydrogens (tertiary/aromatic N) is 1. The van der Waals surface area contributed by atoms with E-state index in [1.165, 1.54) is 38.5 Å². The maximum atomic E-state index is 13.2. The summed E-state index contributed by atoms with van der Waals surface area (Å²) >= 11 is 1.75. The van der Waals surface area contributed by atoms with Gasteiger partial charge in [0.15, 0.2) is 11.5 Å². The number of amides is 1. The van der Waals surface area contributed by atoms with Crippen LogP contribution < -0.4 is 20.1 Å². The van der Waals surface area contributed by atoms with Crippen LogP contribution in [0.1, 0.15) is 45.1 Å². The molecule has 0 saturated carbocycles. The first-order chi connectivity index (χ1) is 17.7. The minimum absolute atomic E-state index is 0.0720. The molecule has 10 heteroatoms. The number of rotatable bonds is 9. The smallest absolute Gasteiger partial charge is 0.267 e. The third-order valence-electron chi connectivity index (χ3n) is 6.56. The number of anilines is 2. The fraction of sp³-hybridized carbons (Fsp3) is 0.444. The molecule has 4 rings (SSSR count). The average Bonchev–Trinajstić information content (AvgIpc) is 2.87. The molecular formula is C27H35N3O5S2. The van der Waals surface area contributed by atoms with Crippen LogP contribution >= 0.6 is 11.8 Å². The van der Waals surface area contributed by atoms with E-state index in [9.17, 15) is 13.2 Å². The summed E-state index contributed by atoms with van der Waals surface area (Å²) in [4.78, 5) is 14.1. The summed E-state index contributed by atoms with van der Waals surface area (Å²) in [5.41, 5.74) is 2.09. The monoisotopic (exact) mass is 545 g/mol. The van der Waals surface area contributed by atoms with Gasteiger partial charge in [0.1, 0.15) is 23.9 Å². The van der Waals surface area contributed by atoms with E-state index in [2.05, 4.69) is 24.5 Å². The first-order valence-electron chi connectivity index (χ1n) is 12.7. The minimum Gasteiger partial charge on any atom is -0.486 e. The van der Waals surface area contributed by atoms with E-state index in [1.54, 1.807) is 17.8 Å². The van der Waals surface area contributed by atoms with Gasteiger partial charge in [-0.25, -0.2) is 8.42 Å². The molecule has 200 valence electrons. The number of benzene rings is 2. The summed E-state index contributed by atoms with van der Waals surface area (Å²) in [6, 6.07) is 9.07. The van der Waals surface area contributed by atoms with Crippen LogP contribution in [0.25, 0.3) is 0 Å². The maximum absolute atomic E-state index is 13.2. The molecule has 1 unspecified atom stereocenters. The zero-order chi connectivity index (χ0) is 26.6. The molecule has 2 heterocycles. The zero-order valence-corrected chi connectivity index (χ0v) is 23.4. The van der Waals surface area contributed by atoms with Crippen molar-refractivity contribution < 1.29 is 22.7 Å². The lowest BCUT2D eigenvalue weighted by Crippen LogP contribution is -2.36. The summed E-state index contributed by atoms with van der Waals surface area (Å²) in [6.07, 6.45) is 6.01. The van der Waals surface area contributed by atoms with Crippen molar-refractivity contribution in [3.63, 3.8) is 0 Å². The highest BCUT2D eigenvalue weighted by atomic mass is 32.2. The van der Waals surface area contributed by atoms with Gasteiger partial charge in [0.25, 0.3) is 15.9 Å². The van der Waals surface area contributed by atoms with E-state index in [0.717, 1.165) is 32.6 Å². The summed E-state index contributed by atoms with van der Waals surface area (Å²) in [7, 11) is -2.47. The molecule has 0 bridgehead atoms. The van der Waals surface area contributed by atoms with Crippen molar-refractivity contribution in [3.05, 3.63) is 47.8 Å². The Labute approximate surface area is 223 Å². The molecule has 0 aliphatic carbocycles. The number of hydrogen-bond acceptors (Lipinski definition) is 7. The molecule has 0 saturated heterocycles. The molecule has 2 aromatic carbocycles. The third-order valence-corrected chi connectivity index (χ3v) is 9.68. The van der Waals surface area contributed by atoms with Gasteiger partial charge in [-0.2, -0.15) is 0 Å². The van der Waals surface area contributed by atoms with Crippen LogP contribution in [0, 0.1) is 12.8 Å². The van der Waals surface area contributed by atoms with E-state index >= 15 is 0 Å².